The second-order valence-corrected chi connectivity index (χ2v) is 7.97. The van der Waals surface area contributed by atoms with Crippen molar-refractivity contribution in [2.45, 2.75) is 19.1 Å². The van der Waals surface area contributed by atoms with Gasteiger partial charge in [0.1, 0.15) is 0 Å². The van der Waals surface area contributed by atoms with E-state index in [9.17, 15) is 9.13 Å². The van der Waals surface area contributed by atoms with Crippen LogP contribution in [-0.4, -0.2) is 15.0 Å². The Morgan fingerprint density at radius 1 is 1.36 bits per heavy atom. The second-order valence-electron chi connectivity index (χ2n) is 2.40. The van der Waals surface area contributed by atoms with Crippen molar-refractivity contribution < 1.29 is 27.2 Å². The molecule has 0 aromatic carbocycles. The number of hydrogen-bond acceptors (Lipinski definition) is 6. The molecule has 0 amide bonds. The average molecular weight is 283 g/mol. The summed E-state index contributed by atoms with van der Waals surface area (Å²) in [6.07, 6.45) is 0. The lowest BCUT2D eigenvalue weighted by Crippen LogP contribution is -1.98. The molecule has 0 bridgehead atoms. The molecule has 0 aliphatic heterocycles. The Morgan fingerprint density at radius 3 is 2.21 bits per heavy atom. The Bertz CT molecular complexity index is 266. The Labute approximate surface area is 89.5 Å². The van der Waals surface area contributed by atoms with Crippen LogP contribution < -0.4 is 5.50 Å². The zero-order valence-electron chi connectivity index (χ0n) is 7.39. The fraction of sp³-hybridized carbons (Fsp3) is 1.00. The molecule has 0 spiro atoms. The summed E-state index contributed by atoms with van der Waals surface area (Å²) in [4.78, 5) is 16.6. The van der Waals surface area contributed by atoms with E-state index in [0.717, 1.165) is 0 Å². The molecule has 0 saturated carbocycles. The van der Waals surface area contributed by atoms with Crippen LogP contribution in [0.4, 0.5) is 0 Å². The first kappa shape index (κ1) is 15.0. The van der Waals surface area contributed by atoms with Gasteiger partial charge in [-0.2, -0.15) is 4.31 Å². The van der Waals surface area contributed by atoms with Crippen molar-refractivity contribution in [3.8, 4) is 0 Å². The number of hydrogen-bond donors (Lipinski definition) is 3. The molecule has 0 radical (unpaired) electrons. The first-order valence-corrected chi connectivity index (χ1v) is 8.58. The van der Waals surface area contributed by atoms with Gasteiger partial charge in [0, 0.05) is 5.25 Å². The summed E-state index contributed by atoms with van der Waals surface area (Å²) in [5.74, 6) is 0. The topological polar surface area (TPSA) is 119 Å². The SMILES string of the molecule is CC(C)SSOP(N)(=O)OP(=O)(O)O. The van der Waals surface area contributed by atoms with Crippen molar-refractivity contribution in [1.82, 2.24) is 0 Å². The molecular formula is C3H11NO6P2S2. The minimum Gasteiger partial charge on any atom is -0.302 e. The zero-order valence-corrected chi connectivity index (χ0v) is 10.8. The molecule has 1 unspecified atom stereocenters. The molecule has 0 aliphatic carbocycles. The highest BCUT2D eigenvalue weighted by Crippen LogP contribution is 2.58. The maximum absolute atomic E-state index is 11.0. The summed E-state index contributed by atoms with van der Waals surface area (Å²) in [5, 5.41) is 0.190. The molecule has 7 nitrogen and oxygen atoms in total. The van der Waals surface area contributed by atoms with E-state index in [2.05, 4.69) is 8.28 Å². The molecule has 4 N–H and O–H groups in total. The van der Waals surface area contributed by atoms with Crippen LogP contribution in [-0.2, 0) is 17.4 Å². The predicted octanol–water partition coefficient (Wildman–Crippen LogP) is 1.88. The molecule has 11 heteroatoms. The fourth-order valence-corrected chi connectivity index (χ4v) is 4.03. The third-order valence-corrected chi connectivity index (χ3v) is 5.82. The van der Waals surface area contributed by atoms with Gasteiger partial charge >= 0.3 is 15.6 Å². The van der Waals surface area contributed by atoms with Gasteiger partial charge in [-0.1, -0.05) is 24.6 Å². The molecule has 1 atom stereocenters. The van der Waals surface area contributed by atoms with Crippen molar-refractivity contribution in [2.24, 2.45) is 5.50 Å². The van der Waals surface area contributed by atoms with Crippen molar-refractivity contribution in [3.05, 3.63) is 0 Å². The van der Waals surface area contributed by atoms with Gasteiger partial charge in [0.2, 0.25) is 0 Å². The summed E-state index contributed by atoms with van der Waals surface area (Å²) >= 11 is 0.669. The van der Waals surface area contributed by atoms with Crippen molar-refractivity contribution >= 4 is 37.4 Å². The van der Waals surface area contributed by atoms with Crippen LogP contribution in [0.5, 0.6) is 0 Å². The predicted molar refractivity (Wildman–Crippen MR) is 56.3 cm³/mol. The third kappa shape index (κ3) is 9.51. The van der Waals surface area contributed by atoms with E-state index in [0.29, 0.717) is 11.1 Å². The minimum atomic E-state index is -4.89. The fourth-order valence-electron chi connectivity index (χ4n) is 0.300. The molecule has 0 aliphatic rings. The van der Waals surface area contributed by atoms with Crippen LogP contribution >= 0.6 is 37.4 Å². The van der Waals surface area contributed by atoms with Crippen molar-refractivity contribution in [3.63, 3.8) is 0 Å². The normalized spacial score (nSPS) is 17.0. The summed E-state index contributed by atoms with van der Waals surface area (Å²) in [6.45, 7) is 3.71. The minimum absolute atomic E-state index is 0.190. The van der Waals surface area contributed by atoms with Crippen molar-refractivity contribution in [1.29, 1.82) is 0 Å². The van der Waals surface area contributed by atoms with Crippen LogP contribution in [0.1, 0.15) is 13.8 Å². The third-order valence-electron chi connectivity index (χ3n) is 0.586. The quantitative estimate of drug-likeness (QED) is 0.381. The highest BCUT2D eigenvalue weighted by molar-refractivity contribution is 8.75. The smallest absolute Gasteiger partial charge is 0.302 e. The van der Waals surface area contributed by atoms with E-state index in [1.54, 1.807) is 0 Å². The lowest BCUT2D eigenvalue weighted by Gasteiger charge is -2.12. The highest BCUT2D eigenvalue weighted by Gasteiger charge is 2.30. The van der Waals surface area contributed by atoms with E-state index in [1.165, 1.54) is 10.8 Å². The van der Waals surface area contributed by atoms with E-state index >= 15 is 0 Å². The number of rotatable bonds is 6. The molecule has 0 heterocycles. The number of nitrogens with two attached hydrogens (primary N) is 1. The van der Waals surface area contributed by atoms with Gasteiger partial charge in [-0.3, -0.25) is 0 Å². The van der Waals surface area contributed by atoms with E-state index in [1.807, 2.05) is 13.8 Å². The summed E-state index contributed by atoms with van der Waals surface area (Å²) in [5.41, 5.74) is 4.87. The first-order chi connectivity index (χ1) is 6.12. The largest absolute Gasteiger partial charge is 0.477 e. The van der Waals surface area contributed by atoms with Crippen LogP contribution in [0, 0.1) is 0 Å². The lowest BCUT2D eigenvalue weighted by atomic mass is 10.6. The van der Waals surface area contributed by atoms with E-state index in [4.69, 9.17) is 15.3 Å². The van der Waals surface area contributed by atoms with Gasteiger partial charge in [-0.25, -0.2) is 18.6 Å². The molecule has 14 heavy (non-hydrogen) atoms. The van der Waals surface area contributed by atoms with Gasteiger partial charge in [-0.15, -0.1) is 0 Å². The Morgan fingerprint density at radius 2 is 1.86 bits per heavy atom. The highest BCUT2D eigenvalue weighted by atomic mass is 33.1. The van der Waals surface area contributed by atoms with Gasteiger partial charge in [-0.05, 0) is 0 Å². The maximum atomic E-state index is 11.0. The summed E-state index contributed by atoms with van der Waals surface area (Å²) in [6, 6.07) is 0. The Kier molecular flexibility index (Phi) is 6.29. The zero-order chi connectivity index (χ0) is 11.4. The second kappa shape index (κ2) is 5.89. The van der Waals surface area contributed by atoms with Crippen LogP contribution in [0.2, 0.25) is 0 Å². The van der Waals surface area contributed by atoms with E-state index < -0.39 is 15.6 Å². The first-order valence-electron chi connectivity index (χ1n) is 3.29. The lowest BCUT2D eigenvalue weighted by molar-refractivity contribution is 0.270. The molecule has 0 saturated heterocycles. The standard InChI is InChI=1S/C3H11NO6P2S2/c1-3(2)13-14-10-11(4,5)9-12(6,7)8/h3H,1-2H3,(H2,4,5)(H2,6,7,8). The molecule has 86 valence electrons. The van der Waals surface area contributed by atoms with Crippen molar-refractivity contribution in [2.75, 3.05) is 0 Å². The van der Waals surface area contributed by atoms with E-state index in [-0.39, 0.29) is 5.25 Å². The average Bonchev–Trinajstić information content (AvgIpc) is 1.78. The molecular weight excluding hydrogens is 272 g/mol. The molecule has 0 rings (SSSR count). The number of phosphoric acid groups is 1. The monoisotopic (exact) mass is 283 g/mol. The Balaban J connectivity index is 3.97. The van der Waals surface area contributed by atoms with Crippen LogP contribution in [0.15, 0.2) is 0 Å². The van der Waals surface area contributed by atoms with Gasteiger partial charge in [0.15, 0.2) is 0 Å². The molecule has 0 aromatic rings. The van der Waals surface area contributed by atoms with Crippen LogP contribution in [0.3, 0.4) is 0 Å². The summed E-state index contributed by atoms with van der Waals surface area (Å²) in [7, 11) is -7.88. The van der Waals surface area contributed by atoms with Crippen LogP contribution in [0.25, 0.3) is 0 Å². The maximum Gasteiger partial charge on any atom is 0.477 e. The van der Waals surface area contributed by atoms with Gasteiger partial charge in [0.25, 0.3) is 0 Å². The molecule has 0 aromatic heterocycles. The van der Waals surface area contributed by atoms with Gasteiger partial charge < -0.3 is 9.79 Å². The van der Waals surface area contributed by atoms with Gasteiger partial charge in [0.05, 0.1) is 11.1 Å². The Hall–Kier alpha value is 0.960. The molecule has 0 fully saturated rings. The summed E-state index contributed by atoms with van der Waals surface area (Å²) < 4.78 is 29.5.